The molecule has 0 saturated carbocycles. The summed E-state index contributed by atoms with van der Waals surface area (Å²) in [6, 6.07) is 14.4. The summed E-state index contributed by atoms with van der Waals surface area (Å²) in [7, 11) is -3.71. The predicted octanol–water partition coefficient (Wildman–Crippen LogP) is 3.66. The van der Waals surface area contributed by atoms with Crippen LogP contribution in [0.15, 0.2) is 53.4 Å². The molecule has 2 heterocycles. The molecule has 4 rings (SSSR count). The molecule has 0 aliphatic rings. The van der Waals surface area contributed by atoms with Gasteiger partial charge in [0.2, 0.25) is 10.0 Å². The highest BCUT2D eigenvalue weighted by Crippen LogP contribution is 2.30. The number of aromatic nitrogens is 3. The number of imidazole rings is 1. The fraction of sp³-hybridized carbons (Fsp3) is 0.238. The zero-order chi connectivity index (χ0) is 21.3. The Labute approximate surface area is 179 Å². The molecule has 0 unspecified atom stereocenters. The third-order valence-electron chi connectivity index (χ3n) is 4.93. The number of halogens is 1. The quantitative estimate of drug-likeness (QED) is 0.438. The molecular weight excluding hydrogens is 424 g/mol. The molecule has 9 heteroatoms. The zero-order valence-electron chi connectivity index (χ0n) is 16.4. The van der Waals surface area contributed by atoms with E-state index in [0.717, 1.165) is 27.8 Å². The lowest BCUT2D eigenvalue weighted by Crippen LogP contribution is -2.12. The minimum absolute atomic E-state index is 0.0974. The van der Waals surface area contributed by atoms with Crippen molar-refractivity contribution in [3.63, 3.8) is 0 Å². The number of aryl methyl sites for hydroxylation is 2. The lowest BCUT2D eigenvalue weighted by molar-refractivity contribution is 0.126. The van der Waals surface area contributed by atoms with Gasteiger partial charge in [0.05, 0.1) is 15.9 Å². The molecule has 7 nitrogen and oxygen atoms in total. The molecule has 30 heavy (non-hydrogen) atoms. The van der Waals surface area contributed by atoms with Gasteiger partial charge in [-0.3, -0.25) is 0 Å². The normalized spacial score (nSPS) is 12.1. The third kappa shape index (κ3) is 4.04. The average molecular weight is 445 g/mol. The van der Waals surface area contributed by atoms with Crippen LogP contribution in [0.25, 0.3) is 21.9 Å². The second-order valence-corrected chi connectivity index (χ2v) is 8.79. The van der Waals surface area contributed by atoms with E-state index in [0.29, 0.717) is 36.8 Å². The van der Waals surface area contributed by atoms with Gasteiger partial charge in [-0.2, -0.15) is 0 Å². The maximum Gasteiger partial charge on any atom is 0.238 e. The van der Waals surface area contributed by atoms with Gasteiger partial charge in [-0.15, -0.1) is 0 Å². The van der Waals surface area contributed by atoms with Crippen LogP contribution >= 0.6 is 11.6 Å². The number of fused-ring (bicyclic) bond motifs is 3. The summed E-state index contributed by atoms with van der Waals surface area (Å²) in [5.41, 5.74) is 3.35. The number of rotatable bonds is 7. The summed E-state index contributed by atoms with van der Waals surface area (Å²) in [5.74, 6) is 0.771. The minimum Gasteiger partial charge on any atom is -0.374 e. The van der Waals surface area contributed by atoms with E-state index in [1.54, 1.807) is 12.1 Å². The van der Waals surface area contributed by atoms with Gasteiger partial charge in [0.15, 0.2) is 5.15 Å². The van der Waals surface area contributed by atoms with Crippen LogP contribution in [0.5, 0.6) is 0 Å². The minimum atomic E-state index is -3.71. The molecule has 0 fully saturated rings. The van der Waals surface area contributed by atoms with Crippen LogP contribution in [0.2, 0.25) is 5.15 Å². The van der Waals surface area contributed by atoms with Crippen molar-refractivity contribution in [1.82, 2.24) is 14.5 Å². The number of para-hydroxylation sites is 1. The molecule has 0 spiro atoms. The molecule has 4 aromatic rings. The second kappa shape index (κ2) is 8.31. The number of benzene rings is 2. The number of hydrogen-bond donors (Lipinski definition) is 1. The number of hydrogen-bond acceptors (Lipinski definition) is 5. The highest BCUT2D eigenvalue weighted by atomic mass is 35.5. The van der Waals surface area contributed by atoms with E-state index in [1.807, 2.05) is 31.2 Å². The fourth-order valence-electron chi connectivity index (χ4n) is 3.48. The van der Waals surface area contributed by atoms with E-state index in [1.165, 1.54) is 12.1 Å². The van der Waals surface area contributed by atoms with E-state index < -0.39 is 10.0 Å². The first-order chi connectivity index (χ1) is 14.4. The van der Waals surface area contributed by atoms with Crippen molar-refractivity contribution in [2.24, 2.45) is 5.14 Å². The third-order valence-corrected chi connectivity index (χ3v) is 6.12. The Morgan fingerprint density at radius 1 is 1.10 bits per heavy atom. The molecule has 0 atom stereocenters. The van der Waals surface area contributed by atoms with Crippen molar-refractivity contribution in [1.29, 1.82) is 0 Å². The molecule has 0 saturated heterocycles. The van der Waals surface area contributed by atoms with Crippen LogP contribution < -0.4 is 5.14 Å². The van der Waals surface area contributed by atoms with Crippen LogP contribution in [0, 0.1) is 0 Å². The second-order valence-electron chi connectivity index (χ2n) is 6.87. The van der Waals surface area contributed by atoms with Crippen molar-refractivity contribution in [2.75, 3.05) is 6.61 Å². The Kier molecular flexibility index (Phi) is 5.75. The first kappa shape index (κ1) is 20.7. The summed E-state index contributed by atoms with van der Waals surface area (Å²) in [6.07, 6.45) is 0.670. The van der Waals surface area contributed by atoms with Crippen molar-refractivity contribution in [2.45, 2.75) is 31.4 Å². The van der Waals surface area contributed by atoms with E-state index in [2.05, 4.69) is 9.55 Å². The Bertz CT molecular complexity index is 1320. The van der Waals surface area contributed by atoms with Crippen LogP contribution in [0.1, 0.15) is 18.3 Å². The van der Waals surface area contributed by atoms with Gasteiger partial charge in [-0.05, 0) is 37.1 Å². The zero-order valence-corrected chi connectivity index (χ0v) is 17.9. The van der Waals surface area contributed by atoms with Crippen LogP contribution in [0.4, 0.5) is 0 Å². The molecule has 0 bridgehead atoms. The van der Waals surface area contributed by atoms with Gasteiger partial charge in [0.25, 0.3) is 0 Å². The summed E-state index contributed by atoms with van der Waals surface area (Å²) in [4.78, 5) is 9.27. The van der Waals surface area contributed by atoms with Crippen LogP contribution in [-0.4, -0.2) is 29.6 Å². The Balaban J connectivity index is 1.76. The van der Waals surface area contributed by atoms with E-state index in [9.17, 15) is 8.42 Å². The molecular formula is C21H21ClN4O3S. The Hall–Kier alpha value is -2.52. The summed E-state index contributed by atoms with van der Waals surface area (Å²) < 4.78 is 30.7. The van der Waals surface area contributed by atoms with Gasteiger partial charge in [0.1, 0.15) is 17.9 Å². The molecule has 0 amide bonds. The number of pyridine rings is 1. The molecule has 0 radical (unpaired) electrons. The summed E-state index contributed by atoms with van der Waals surface area (Å²) >= 11 is 6.44. The molecule has 0 aliphatic heterocycles. The van der Waals surface area contributed by atoms with Crippen molar-refractivity contribution >= 4 is 43.6 Å². The SMILES string of the molecule is CCOCc1nc2c(Cl)nc3ccccc3c2n1CCc1ccc(S(N)(=O)=O)cc1. The molecule has 2 aromatic carbocycles. The van der Waals surface area contributed by atoms with Crippen molar-refractivity contribution in [3.05, 3.63) is 65.1 Å². The topological polar surface area (TPSA) is 100 Å². The first-order valence-corrected chi connectivity index (χ1v) is 11.4. The molecule has 2 N–H and O–H groups in total. The van der Waals surface area contributed by atoms with Gasteiger partial charge in [0, 0.05) is 18.5 Å². The monoisotopic (exact) mass is 444 g/mol. The number of primary sulfonamides is 1. The number of sulfonamides is 1. The Morgan fingerprint density at radius 2 is 1.83 bits per heavy atom. The van der Waals surface area contributed by atoms with E-state index in [4.69, 9.17) is 26.5 Å². The molecule has 0 aliphatic carbocycles. The molecule has 156 valence electrons. The van der Waals surface area contributed by atoms with Crippen molar-refractivity contribution < 1.29 is 13.2 Å². The fourth-order valence-corrected chi connectivity index (χ4v) is 4.22. The average Bonchev–Trinajstić information content (AvgIpc) is 3.10. The van der Waals surface area contributed by atoms with Crippen LogP contribution in [-0.2, 0) is 34.3 Å². The van der Waals surface area contributed by atoms with E-state index in [-0.39, 0.29) is 4.90 Å². The molecule has 2 aromatic heterocycles. The Morgan fingerprint density at radius 3 is 2.53 bits per heavy atom. The lowest BCUT2D eigenvalue weighted by atomic mass is 10.1. The van der Waals surface area contributed by atoms with Crippen LogP contribution in [0.3, 0.4) is 0 Å². The van der Waals surface area contributed by atoms with Gasteiger partial charge < -0.3 is 9.30 Å². The predicted molar refractivity (Wildman–Crippen MR) is 117 cm³/mol. The van der Waals surface area contributed by atoms with Gasteiger partial charge in [-0.1, -0.05) is 41.9 Å². The summed E-state index contributed by atoms with van der Waals surface area (Å²) in [5, 5.41) is 6.51. The van der Waals surface area contributed by atoms with Crippen molar-refractivity contribution in [3.8, 4) is 0 Å². The number of ether oxygens (including phenoxy) is 1. The smallest absolute Gasteiger partial charge is 0.238 e. The largest absolute Gasteiger partial charge is 0.374 e. The highest BCUT2D eigenvalue weighted by Gasteiger charge is 2.18. The van der Waals surface area contributed by atoms with Gasteiger partial charge >= 0.3 is 0 Å². The number of nitrogens with two attached hydrogens (primary N) is 1. The lowest BCUT2D eigenvalue weighted by Gasteiger charge is -2.11. The highest BCUT2D eigenvalue weighted by molar-refractivity contribution is 7.89. The summed E-state index contributed by atoms with van der Waals surface area (Å²) in [6.45, 7) is 3.49. The maximum atomic E-state index is 11.5. The maximum absolute atomic E-state index is 11.5. The standard InChI is InChI=1S/C21H21ClN4O3S/c1-2-29-13-18-25-19-20(16-5-3-4-6-17(16)24-21(19)22)26(18)12-11-14-7-9-15(10-8-14)30(23,27)28/h3-10H,2,11-13H2,1H3,(H2,23,27,28). The van der Waals surface area contributed by atoms with E-state index >= 15 is 0 Å². The number of nitrogens with zero attached hydrogens (tertiary/aromatic N) is 3. The first-order valence-electron chi connectivity index (χ1n) is 9.51. The van der Waals surface area contributed by atoms with Gasteiger partial charge in [-0.25, -0.2) is 23.5 Å².